The van der Waals surface area contributed by atoms with Gasteiger partial charge in [0.2, 0.25) is 27.7 Å². The lowest BCUT2D eigenvalue weighted by Crippen LogP contribution is -2.42. The average molecular weight is 634 g/mol. The summed E-state index contributed by atoms with van der Waals surface area (Å²) >= 11 is 0. The number of nitrogens with zero attached hydrogens (tertiary/aromatic N) is 5. The Labute approximate surface area is 263 Å². The number of ether oxygens (including phenoxy) is 1. The fourth-order valence-electron chi connectivity index (χ4n) is 5.71. The summed E-state index contributed by atoms with van der Waals surface area (Å²) < 4.78 is 36.9. The minimum Gasteiger partial charge on any atom is -0.472 e. The molecule has 5 rings (SSSR count). The van der Waals surface area contributed by atoms with Crippen LogP contribution in [0, 0.1) is 13.8 Å². The number of primary amides is 1. The van der Waals surface area contributed by atoms with Gasteiger partial charge in [-0.1, -0.05) is 36.4 Å². The number of aromatic nitrogens is 4. The molecule has 3 atom stereocenters. The van der Waals surface area contributed by atoms with Gasteiger partial charge in [-0.3, -0.25) is 9.59 Å². The summed E-state index contributed by atoms with van der Waals surface area (Å²) in [5, 5.41) is 11.4. The van der Waals surface area contributed by atoms with Crippen molar-refractivity contribution in [2.24, 2.45) is 5.73 Å². The molecule has 2 aromatic heterocycles. The zero-order chi connectivity index (χ0) is 32.5. The first kappa shape index (κ1) is 32.0. The maximum absolute atomic E-state index is 13.8. The van der Waals surface area contributed by atoms with Crippen LogP contribution >= 0.6 is 0 Å². The van der Waals surface area contributed by atoms with Crippen molar-refractivity contribution in [3.8, 4) is 5.88 Å². The molecule has 0 spiro atoms. The van der Waals surface area contributed by atoms with Gasteiger partial charge in [0.15, 0.2) is 0 Å². The van der Waals surface area contributed by atoms with E-state index >= 15 is 0 Å². The fraction of sp³-hybridized carbons (Fsp3) is 0.406. The molecule has 12 nitrogen and oxygen atoms in total. The van der Waals surface area contributed by atoms with Crippen LogP contribution in [0.15, 0.2) is 53.6 Å². The Balaban J connectivity index is 1.56. The molecule has 1 aliphatic rings. The van der Waals surface area contributed by atoms with Gasteiger partial charge in [0, 0.05) is 31.6 Å². The Morgan fingerprint density at radius 2 is 1.93 bits per heavy atom. The van der Waals surface area contributed by atoms with E-state index in [0.29, 0.717) is 13.0 Å². The van der Waals surface area contributed by atoms with Crippen molar-refractivity contribution in [3.05, 3.63) is 76.5 Å². The van der Waals surface area contributed by atoms with E-state index in [-0.39, 0.29) is 42.3 Å². The Kier molecular flexibility index (Phi) is 9.21. The number of rotatable bonds is 10. The lowest BCUT2D eigenvalue weighted by Gasteiger charge is -2.25. The molecule has 0 saturated heterocycles. The van der Waals surface area contributed by atoms with E-state index in [1.54, 1.807) is 13.0 Å². The number of pyridine rings is 1. The highest BCUT2D eigenvalue weighted by Gasteiger charge is 2.35. The second-order valence-corrected chi connectivity index (χ2v) is 13.3. The molecule has 0 saturated carbocycles. The number of fused-ring (bicyclic) bond motifs is 2. The van der Waals surface area contributed by atoms with E-state index in [1.807, 2.05) is 62.7 Å². The minimum atomic E-state index is -3.91. The highest BCUT2D eigenvalue weighted by atomic mass is 32.2. The van der Waals surface area contributed by atoms with Crippen molar-refractivity contribution in [2.45, 2.75) is 83.5 Å². The number of amides is 2. The summed E-state index contributed by atoms with van der Waals surface area (Å²) in [7, 11) is -3.91. The van der Waals surface area contributed by atoms with Gasteiger partial charge in [-0.25, -0.2) is 18.1 Å². The molecule has 2 amide bonds. The molecule has 238 valence electrons. The number of carbonyl (C=O) groups excluding carboxylic acids is 2. The summed E-state index contributed by atoms with van der Waals surface area (Å²) in [4.78, 5) is 29.2. The molecule has 0 aliphatic carbocycles. The van der Waals surface area contributed by atoms with Crippen LogP contribution in [0.1, 0.15) is 67.3 Å². The molecule has 13 heteroatoms. The maximum Gasteiger partial charge on any atom is 0.248 e. The molecular formula is C32H39N7O5S. The Bertz CT molecular complexity index is 1860. The molecule has 3 N–H and O–H groups in total. The summed E-state index contributed by atoms with van der Waals surface area (Å²) in [6.07, 6.45) is 1.79. The monoisotopic (exact) mass is 633 g/mol. The van der Waals surface area contributed by atoms with Crippen molar-refractivity contribution in [2.75, 3.05) is 6.54 Å². The molecule has 2 unspecified atom stereocenters. The number of hydrogen-bond donors (Lipinski definition) is 2. The standard InChI is InChI=1S/C32H39N7O5S/c1-6-24-18-38(45(42,43)28-9-8-14-34-32(28)44-24)17-23-15-22(11-10-19(23)3)26(16-29(40)35-21(5)31(33)41)25-12-13-27-30(20(25)4)36-37-39(27)7-2/h8-15,21,24,26H,6-7,16-18H2,1-5H3,(H2,33,41)(H,35,40)/t21?,24-,26?/m1/s1. The Hall–Kier alpha value is -4.36. The minimum absolute atomic E-state index is 0.0290. The molecule has 0 fully saturated rings. The first-order chi connectivity index (χ1) is 21.4. The first-order valence-electron chi connectivity index (χ1n) is 15.1. The second kappa shape index (κ2) is 12.9. The highest BCUT2D eigenvalue weighted by Crippen LogP contribution is 2.36. The molecule has 4 aromatic rings. The number of aryl methyl sites for hydroxylation is 3. The van der Waals surface area contributed by atoms with E-state index in [4.69, 9.17) is 10.5 Å². The van der Waals surface area contributed by atoms with Crippen LogP contribution in [0.5, 0.6) is 5.88 Å². The van der Waals surface area contributed by atoms with Crippen molar-refractivity contribution in [3.63, 3.8) is 0 Å². The lowest BCUT2D eigenvalue weighted by atomic mass is 9.84. The predicted octanol–water partition coefficient (Wildman–Crippen LogP) is 3.34. The SMILES string of the molecule is CC[C@@H]1CN(Cc2cc(C(CC(=O)NC(C)C(N)=O)c3ccc4c(nnn4CC)c3C)ccc2C)S(=O)(=O)c2cccnc2O1. The lowest BCUT2D eigenvalue weighted by molar-refractivity contribution is -0.127. The van der Waals surface area contributed by atoms with Crippen LogP contribution in [0.4, 0.5) is 0 Å². The van der Waals surface area contributed by atoms with E-state index in [0.717, 1.165) is 38.9 Å². The summed E-state index contributed by atoms with van der Waals surface area (Å²) in [5.74, 6) is -1.29. The van der Waals surface area contributed by atoms with Crippen LogP contribution in [0.25, 0.3) is 11.0 Å². The molecule has 45 heavy (non-hydrogen) atoms. The topological polar surface area (TPSA) is 162 Å². The number of sulfonamides is 1. The van der Waals surface area contributed by atoms with Crippen LogP contribution in [0.2, 0.25) is 0 Å². The summed E-state index contributed by atoms with van der Waals surface area (Å²) in [5.41, 5.74) is 11.3. The molecule has 1 aliphatic heterocycles. The third kappa shape index (κ3) is 6.40. The molecule has 0 radical (unpaired) electrons. The highest BCUT2D eigenvalue weighted by molar-refractivity contribution is 7.89. The van der Waals surface area contributed by atoms with Crippen LogP contribution in [-0.4, -0.2) is 63.2 Å². The van der Waals surface area contributed by atoms with Gasteiger partial charge in [-0.2, -0.15) is 4.31 Å². The van der Waals surface area contributed by atoms with Crippen molar-refractivity contribution >= 4 is 32.9 Å². The number of carbonyl (C=O) groups is 2. The molecule has 0 bridgehead atoms. The van der Waals surface area contributed by atoms with E-state index < -0.39 is 27.9 Å². The third-order valence-electron chi connectivity index (χ3n) is 8.47. The van der Waals surface area contributed by atoms with Gasteiger partial charge in [-0.15, -0.1) is 5.10 Å². The number of nitrogens with two attached hydrogens (primary N) is 1. The third-order valence-corrected chi connectivity index (χ3v) is 10.3. The zero-order valence-electron chi connectivity index (χ0n) is 26.1. The average Bonchev–Trinajstić information content (AvgIpc) is 3.40. The first-order valence-corrected chi connectivity index (χ1v) is 16.5. The Morgan fingerprint density at radius 3 is 2.64 bits per heavy atom. The van der Waals surface area contributed by atoms with Gasteiger partial charge >= 0.3 is 0 Å². The van der Waals surface area contributed by atoms with Gasteiger partial charge in [0.05, 0.1) is 12.1 Å². The van der Waals surface area contributed by atoms with Crippen LogP contribution in [-0.2, 0) is 32.7 Å². The number of hydrogen-bond acceptors (Lipinski definition) is 8. The molecular weight excluding hydrogens is 594 g/mol. The maximum atomic E-state index is 13.8. The number of nitrogens with one attached hydrogen (secondary N) is 1. The summed E-state index contributed by atoms with van der Waals surface area (Å²) in [6.45, 7) is 10.3. The molecule has 3 heterocycles. The van der Waals surface area contributed by atoms with Crippen molar-refractivity contribution in [1.82, 2.24) is 29.6 Å². The van der Waals surface area contributed by atoms with Crippen LogP contribution < -0.4 is 15.8 Å². The quantitative estimate of drug-likeness (QED) is 0.269. The molecule has 2 aromatic carbocycles. The van der Waals surface area contributed by atoms with Crippen molar-refractivity contribution < 1.29 is 22.7 Å². The van der Waals surface area contributed by atoms with E-state index in [9.17, 15) is 18.0 Å². The summed E-state index contributed by atoms with van der Waals surface area (Å²) in [6, 6.07) is 12.1. The zero-order valence-corrected chi connectivity index (χ0v) is 27.0. The van der Waals surface area contributed by atoms with Crippen molar-refractivity contribution in [1.29, 1.82) is 0 Å². The van der Waals surface area contributed by atoms with Gasteiger partial charge < -0.3 is 15.8 Å². The van der Waals surface area contributed by atoms with Gasteiger partial charge in [0.1, 0.15) is 22.6 Å². The normalized spacial score (nSPS) is 17.6. The van der Waals surface area contributed by atoms with E-state index in [2.05, 4.69) is 20.6 Å². The van der Waals surface area contributed by atoms with Gasteiger partial charge in [0.25, 0.3) is 0 Å². The van der Waals surface area contributed by atoms with E-state index in [1.165, 1.54) is 16.6 Å². The number of benzene rings is 2. The largest absolute Gasteiger partial charge is 0.472 e. The van der Waals surface area contributed by atoms with Gasteiger partial charge in [-0.05, 0) is 80.1 Å². The predicted molar refractivity (Wildman–Crippen MR) is 169 cm³/mol. The fourth-order valence-corrected chi connectivity index (χ4v) is 7.23. The Morgan fingerprint density at radius 1 is 1.16 bits per heavy atom. The van der Waals surface area contributed by atoms with Crippen LogP contribution in [0.3, 0.4) is 0 Å². The second-order valence-electron chi connectivity index (χ2n) is 11.4. The smallest absolute Gasteiger partial charge is 0.248 e.